The Morgan fingerprint density at radius 1 is 1.20 bits per heavy atom. The van der Waals surface area contributed by atoms with Gasteiger partial charge >= 0.3 is 5.97 Å². The lowest BCUT2D eigenvalue weighted by Gasteiger charge is -2.51. The third kappa shape index (κ3) is 3.11. The molecule has 6 heteroatoms. The van der Waals surface area contributed by atoms with Crippen LogP contribution in [0.5, 0.6) is 11.5 Å². The van der Waals surface area contributed by atoms with E-state index < -0.39 is 0 Å². The molecule has 6 atom stereocenters. The van der Waals surface area contributed by atoms with Crippen LogP contribution in [-0.4, -0.2) is 24.2 Å². The van der Waals surface area contributed by atoms with Crippen molar-refractivity contribution in [3.05, 3.63) is 39.8 Å². The molecule has 1 aromatic carbocycles. The third-order valence-electron chi connectivity index (χ3n) is 7.62. The fourth-order valence-electron chi connectivity index (χ4n) is 6.01. The third-order valence-corrected chi connectivity index (χ3v) is 8.67. The van der Waals surface area contributed by atoms with Crippen molar-refractivity contribution >= 4 is 17.3 Å². The predicted octanol–water partition coefficient (Wildman–Crippen LogP) is 4.98. The zero-order valence-corrected chi connectivity index (χ0v) is 18.8. The molecule has 2 aliphatic carbocycles. The molecule has 30 heavy (non-hydrogen) atoms. The minimum absolute atomic E-state index is 0.0147. The summed E-state index contributed by atoms with van der Waals surface area (Å²) >= 11 is 1.78. The molecule has 0 spiro atoms. The molecule has 1 aromatic heterocycles. The summed E-state index contributed by atoms with van der Waals surface area (Å²) in [6.07, 6.45) is 3.29. The highest BCUT2D eigenvalue weighted by molar-refractivity contribution is 7.11. The SMILES string of the molecule is COc1ccc(OCc2nc3c(s2)C[C@@]2(C)CC[C@@H]4[C@@H](OC(=O)[C@H]4C)[C@H]2[C@H]3C)cc1. The van der Waals surface area contributed by atoms with Gasteiger partial charge in [-0.05, 0) is 48.9 Å². The van der Waals surface area contributed by atoms with Crippen molar-refractivity contribution in [2.24, 2.45) is 23.2 Å². The van der Waals surface area contributed by atoms with E-state index in [0.717, 1.165) is 35.8 Å². The van der Waals surface area contributed by atoms with Crippen LogP contribution in [0.25, 0.3) is 0 Å². The highest BCUT2D eigenvalue weighted by Gasteiger charge is 2.58. The first-order valence-electron chi connectivity index (χ1n) is 10.9. The zero-order chi connectivity index (χ0) is 21.0. The Kier molecular flexibility index (Phi) is 4.80. The molecule has 0 radical (unpaired) electrons. The molecule has 1 saturated carbocycles. The van der Waals surface area contributed by atoms with Gasteiger partial charge in [0.25, 0.3) is 0 Å². The normalized spacial score (nSPS) is 34.5. The van der Waals surface area contributed by atoms with E-state index in [2.05, 4.69) is 13.8 Å². The second-order valence-corrected chi connectivity index (χ2v) is 10.6. The molecule has 0 bridgehead atoms. The van der Waals surface area contributed by atoms with Gasteiger partial charge in [-0.3, -0.25) is 4.79 Å². The summed E-state index contributed by atoms with van der Waals surface area (Å²) in [6, 6.07) is 7.63. The first-order valence-corrected chi connectivity index (χ1v) is 11.7. The van der Waals surface area contributed by atoms with E-state index in [1.165, 1.54) is 10.6 Å². The molecule has 3 aliphatic rings. The first kappa shape index (κ1) is 19.9. The summed E-state index contributed by atoms with van der Waals surface area (Å²) in [5.41, 5.74) is 1.35. The van der Waals surface area contributed by atoms with Crippen molar-refractivity contribution in [1.82, 2.24) is 4.98 Å². The Hall–Kier alpha value is -2.08. The number of hydrogen-bond donors (Lipinski definition) is 0. The molecule has 0 unspecified atom stereocenters. The van der Waals surface area contributed by atoms with Crippen LogP contribution in [0.15, 0.2) is 24.3 Å². The number of rotatable bonds is 4. The Labute approximate surface area is 181 Å². The number of esters is 1. The average Bonchev–Trinajstić information content (AvgIpc) is 3.26. The van der Waals surface area contributed by atoms with Gasteiger partial charge in [-0.25, -0.2) is 4.98 Å². The van der Waals surface area contributed by atoms with Crippen LogP contribution in [0.2, 0.25) is 0 Å². The maximum absolute atomic E-state index is 12.3. The molecule has 0 N–H and O–H groups in total. The van der Waals surface area contributed by atoms with Crippen LogP contribution in [0.4, 0.5) is 0 Å². The zero-order valence-electron chi connectivity index (χ0n) is 18.0. The monoisotopic (exact) mass is 427 g/mol. The lowest BCUT2D eigenvalue weighted by atomic mass is 9.54. The fraction of sp³-hybridized carbons (Fsp3) is 0.583. The van der Waals surface area contributed by atoms with Crippen molar-refractivity contribution in [3.8, 4) is 11.5 Å². The average molecular weight is 428 g/mol. The van der Waals surface area contributed by atoms with Gasteiger partial charge in [-0.2, -0.15) is 0 Å². The quantitative estimate of drug-likeness (QED) is 0.644. The van der Waals surface area contributed by atoms with Gasteiger partial charge in [0.1, 0.15) is 29.2 Å². The van der Waals surface area contributed by atoms with E-state index in [-0.39, 0.29) is 29.3 Å². The molecule has 0 amide bonds. The number of hydrogen-bond acceptors (Lipinski definition) is 6. The van der Waals surface area contributed by atoms with Crippen LogP contribution in [0.1, 0.15) is 55.1 Å². The molecular weight excluding hydrogens is 398 g/mol. The number of aromatic nitrogens is 1. The Morgan fingerprint density at radius 2 is 1.93 bits per heavy atom. The Bertz CT molecular complexity index is 955. The van der Waals surface area contributed by atoms with Crippen molar-refractivity contribution in [2.75, 3.05) is 7.11 Å². The summed E-state index contributed by atoms with van der Waals surface area (Å²) in [6.45, 7) is 7.16. The molecule has 2 aromatic rings. The maximum Gasteiger partial charge on any atom is 0.309 e. The predicted molar refractivity (Wildman–Crippen MR) is 115 cm³/mol. The van der Waals surface area contributed by atoms with Gasteiger partial charge in [0, 0.05) is 22.6 Å². The molecule has 2 fully saturated rings. The molecule has 5 nitrogen and oxygen atoms in total. The van der Waals surface area contributed by atoms with E-state index in [9.17, 15) is 4.79 Å². The molecule has 1 aliphatic heterocycles. The summed E-state index contributed by atoms with van der Waals surface area (Å²) < 4.78 is 17.1. The van der Waals surface area contributed by atoms with Gasteiger partial charge in [-0.15, -0.1) is 11.3 Å². The van der Waals surface area contributed by atoms with Crippen LogP contribution in [0, 0.1) is 23.2 Å². The topological polar surface area (TPSA) is 57.6 Å². The highest BCUT2D eigenvalue weighted by Crippen LogP contribution is 2.59. The van der Waals surface area contributed by atoms with Crippen molar-refractivity contribution < 1.29 is 19.0 Å². The molecule has 1 saturated heterocycles. The van der Waals surface area contributed by atoms with E-state index in [4.69, 9.17) is 19.2 Å². The lowest BCUT2D eigenvalue weighted by molar-refractivity contribution is -0.149. The van der Waals surface area contributed by atoms with Gasteiger partial charge in [-0.1, -0.05) is 20.8 Å². The number of nitrogens with zero attached hydrogens (tertiary/aromatic N) is 1. The fourth-order valence-corrected chi connectivity index (χ4v) is 7.29. The second kappa shape index (κ2) is 7.26. The number of benzene rings is 1. The highest BCUT2D eigenvalue weighted by atomic mass is 32.1. The largest absolute Gasteiger partial charge is 0.497 e. The van der Waals surface area contributed by atoms with Gasteiger partial charge in [0.05, 0.1) is 18.7 Å². The van der Waals surface area contributed by atoms with E-state index >= 15 is 0 Å². The minimum Gasteiger partial charge on any atom is -0.497 e. The van der Waals surface area contributed by atoms with Crippen molar-refractivity contribution in [2.45, 2.75) is 58.7 Å². The lowest BCUT2D eigenvalue weighted by Crippen LogP contribution is -2.50. The standard InChI is InChI=1S/C24H29NO4S/c1-13-17-9-10-24(3)11-18-21(14(2)20(24)22(17)29-23(13)26)25-19(30-18)12-28-16-7-5-15(27-4)6-8-16/h5-8,13-14,17,20,22H,9-12H2,1-4H3/t13-,14+,17-,20+,22+,24+/m0/s1. The number of thiazole rings is 1. The summed E-state index contributed by atoms with van der Waals surface area (Å²) in [7, 11) is 1.66. The summed E-state index contributed by atoms with van der Waals surface area (Å²) in [4.78, 5) is 18.6. The number of ether oxygens (including phenoxy) is 3. The minimum atomic E-state index is -0.0147. The molecule has 160 valence electrons. The Balaban J connectivity index is 1.36. The number of carbonyl (C=O) groups excluding carboxylic acids is 1. The van der Waals surface area contributed by atoms with Crippen LogP contribution < -0.4 is 9.47 Å². The summed E-state index contributed by atoms with van der Waals surface area (Å²) in [5, 5.41) is 1.01. The maximum atomic E-state index is 12.3. The number of methoxy groups -OCH3 is 1. The van der Waals surface area contributed by atoms with Gasteiger partial charge in [0.15, 0.2) is 0 Å². The number of fused-ring (bicyclic) bond motifs is 4. The van der Waals surface area contributed by atoms with E-state index in [1.54, 1.807) is 18.4 Å². The van der Waals surface area contributed by atoms with Crippen LogP contribution in [-0.2, 0) is 22.6 Å². The van der Waals surface area contributed by atoms with Gasteiger partial charge < -0.3 is 14.2 Å². The van der Waals surface area contributed by atoms with Crippen molar-refractivity contribution in [3.63, 3.8) is 0 Å². The smallest absolute Gasteiger partial charge is 0.309 e. The van der Waals surface area contributed by atoms with Crippen molar-refractivity contribution in [1.29, 1.82) is 0 Å². The van der Waals surface area contributed by atoms with E-state index in [1.807, 2.05) is 31.2 Å². The van der Waals surface area contributed by atoms with Gasteiger partial charge in [0.2, 0.25) is 0 Å². The van der Waals surface area contributed by atoms with Crippen LogP contribution >= 0.6 is 11.3 Å². The molecular formula is C24H29NO4S. The number of carbonyl (C=O) groups is 1. The first-order chi connectivity index (χ1) is 14.4. The molecule has 5 rings (SSSR count). The Morgan fingerprint density at radius 3 is 2.67 bits per heavy atom. The summed E-state index contributed by atoms with van der Waals surface area (Å²) in [5.74, 6) is 2.63. The van der Waals surface area contributed by atoms with E-state index in [0.29, 0.717) is 18.4 Å². The second-order valence-electron chi connectivity index (χ2n) is 9.42. The van der Waals surface area contributed by atoms with Crippen LogP contribution in [0.3, 0.4) is 0 Å². The molecule has 2 heterocycles.